The summed E-state index contributed by atoms with van der Waals surface area (Å²) < 4.78 is 13.7. The molecule has 0 saturated heterocycles. The number of rotatable bonds is 4. The number of carboxylic acids is 1. The first-order valence-corrected chi connectivity index (χ1v) is 5.99. The minimum absolute atomic E-state index is 0.0302. The zero-order valence-electron chi connectivity index (χ0n) is 10.5. The highest BCUT2D eigenvalue weighted by atomic mass is 19.1. The molecule has 1 aromatic carbocycles. The van der Waals surface area contributed by atoms with Gasteiger partial charge in [0.05, 0.1) is 6.42 Å². The van der Waals surface area contributed by atoms with Crippen LogP contribution in [0, 0.1) is 5.82 Å². The first-order valence-electron chi connectivity index (χ1n) is 5.99. The van der Waals surface area contributed by atoms with E-state index in [4.69, 9.17) is 5.11 Å². The molecule has 1 unspecified atom stereocenters. The Morgan fingerprint density at radius 2 is 2.11 bits per heavy atom. The molecular formula is C15H14FNO2. The van der Waals surface area contributed by atoms with Crippen LogP contribution in [0.2, 0.25) is 0 Å². The molecule has 4 heteroatoms. The Kier molecular flexibility index (Phi) is 3.90. The van der Waals surface area contributed by atoms with E-state index < -0.39 is 5.97 Å². The molecule has 1 aromatic heterocycles. The molecule has 2 rings (SSSR count). The fourth-order valence-corrected chi connectivity index (χ4v) is 1.95. The highest BCUT2D eigenvalue weighted by Crippen LogP contribution is 2.26. The predicted molar refractivity (Wildman–Crippen MR) is 70.3 cm³/mol. The van der Waals surface area contributed by atoms with Crippen molar-refractivity contribution in [2.75, 3.05) is 0 Å². The number of carboxylic acid groups (broad SMARTS) is 1. The predicted octanol–water partition coefficient (Wildman–Crippen LogP) is 3.47. The highest BCUT2D eigenvalue weighted by Gasteiger charge is 2.12. The van der Waals surface area contributed by atoms with Crippen LogP contribution in [0.3, 0.4) is 0 Å². The van der Waals surface area contributed by atoms with Crippen LogP contribution in [0.5, 0.6) is 0 Å². The average molecular weight is 259 g/mol. The van der Waals surface area contributed by atoms with E-state index >= 15 is 0 Å². The molecule has 0 amide bonds. The van der Waals surface area contributed by atoms with Crippen molar-refractivity contribution in [3.05, 3.63) is 54.1 Å². The quantitative estimate of drug-likeness (QED) is 0.914. The molecule has 1 heterocycles. The minimum atomic E-state index is -0.858. The number of hydrogen-bond donors (Lipinski definition) is 1. The van der Waals surface area contributed by atoms with Gasteiger partial charge in [0.2, 0.25) is 0 Å². The number of carbonyl (C=O) groups is 1. The molecule has 0 aliphatic heterocycles. The second-order valence-electron chi connectivity index (χ2n) is 4.49. The van der Waals surface area contributed by atoms with Crippen LogP contribution in [0.25, 0.3) is 11.1 Å². The van der Waals surface area contributed by atoms with Crippen molar-refractivity contribution in [3.8, 4) is 11.1 Å². The molecule has 0 radical (unpaired) electrons. The standard InChI is InChI=1S/C15H14FNO2/c1-10(6-15(18)19)11-7-12(9-17-8-11)13-4-2-3-5-14(13)16/h2-5,7-10H,6H2,1H3,(H,18,19). The second-order valence-corrected chi connectivity index (χ2v) is 4.49. The van der Waals surface area contributed by atoms with Crippen LogP contribution in [-0.2, 0) is 4.79 Å². The third kappa shape index (κ3) is 3.16. The van der Waals surface area contributed by atoms with Crippen molar-refractivity contribution < 1.29 is 14.3 Å². The molecular weight excluding hydrogens is 245 g/mol. The van der Waals surface area contributed by atoms with Gasteiger partial charge in [-0.25, -0.2) is 4.39 Å². The Bertz CT molecular complexity index is 598. The first kappa shape index (κ1) is 13.2. The molecule has 1 atom stereocenters. The van der Waals surface area contributed by atoms with E-state index in [-0.39, 0.29) is 18.2 Å². The fraction of sp³-hybridized carbons (Fsp3) is 0.200. The highest BCUT2D eigenvalue weighted by molar-refractivity contribution is 5.68. The Labute approximate surface area is 110 Å². The van der Waals surface area contributed by atoms with Gasteiger partial charge in [-0.05, 0) is 23.6 Å². The Morgan fingerprint density at radius 1 is 1.37 bits per heavy atom. The zero-order valence-corrected chi connectivity index (χ0v) is 10.5. The van der Waals surface area contributed by atoms with Gasteiger partial charge in [-0.3, -0.25) is 9.78 Å². The number of nitrogens with zero attached hydrogens (tertiary/aromatic N) is 1. The summed E-state index contributed by atoms with van der Waals surface area (Å²) in [5.41, 5.74) is 1.93. The van der Waals surface area contributed by atoms with Crippen molar-refractivity contribution in [3.63, 3.8) is 0 Å². The third-order valence-corrected chi connectivity index (χ3v) is 2.99. The number of aromatic nitrogens is 1. The summed E-state index contributed by atoms with van der Waals surface area (Å²) >= 11 is 0. The molecule has 1 N–H and O–H groups in total. The molecule has 0 fully saturated rings. The lowest BCUT2D eigenvalue weighted by molar-refractivity contribution is -0.137. The number of hydrogen-bond acceptors (Lipinski definition) is 2. The van der Waals surface area contributed by atoms with Gasteiger partial charge in [-0.15, -0.1) is 0 Å². The normalized spacial score (nSPS) is 12.1. The largest absolute Gasteiger partial charge is 0.481 e. The first-order chi connectivity index (χ1) is 9.08. The van der Waals surface area contributed by atoms with Crippen LogP contribution in [0.4, 0.5) is 4.39 Å². The molecule has 0 spiro atoms. The van der Waals surface area contributed by atoms with E-state index in [1.165, 1.54) is 6.07 Å². The van der Waals surface area contributed by atoms with E-state index in [1.807, 2.05) is 6.92 Å². The van der Waals surface area contributed by atoms with Gasteiger partial charge in [0.25, 0.3) is 0 Å². The average Bonchev–Trinajstić information content (AvgIpc) is 2.38. The summed E-state index contributed by atoms with van der Waals surface area (Å²) in [4.78, 5) is 14.8. The van der Waals surface area contributed by atoms with E-state index in [2.05, 4.69) is 4.98 Å². The monoisotopic (exact) mass is 259 g/mol. The van der Waals surface area contributed by atoms with Gasteiger partial charge in [0, 0.05) is 23.5 Å². The van der Waals surface area contributed by atoms with E-state index in [9.17, 15) is 9.18 Å². The van der Waals surface area contributed by atoms with Crippen molar-refractivity contribution in [2.45, 2.75) is 19.3 Å². The van der Waals surface area contributed by atoms with E-state index in [0.29, 0.717) is 11.1 Å². The Balaban J connectivity index is 2.34. The van der Waals surface area contributed by atoms with Crippen LogP contribution in [0.15, 0.2) is 42.7 Å². The van der Waals surface area contributed by atoms with Gasteiger partial charge in [0.1, 0.15) is 5.82 Å². The lowest BCUT2D eigenvalue weighted by Crippen LogP contribution is -2.03. The summed E-state index contributed by atoms with van der Waals surface area (Å²) in [5, 5.41) is 8.80. The topological polar surface area (TPSA) is 50.2 Å². The Morgan fingerprint density at radius 3 is 2.79 bits per heavy atom. The molecule has 3 nitrogen and oxygen atoms in total. The SMILES string of the molecule is CC(CC(=O)O)c1cncc(-c2ccccc2F)c1. The number of benzene rings is 1. The summed E-state index contributed by atoms with van der Waals surface area (Å²) in [6, 6.07) is 8.24. The van der Waals surface area contributed by atoms with Gasteiger partial charge in [0.15, 0.2) is 0 Å². The zero-order chi connectivity index (χ0) is 13.8. The van der Waals surface area contributed by atoms with Crippen molar-refractivity contribution >= 4 is 5.97 Å². The van der Waals surface area contributed by atoms with Crippen LogP contribution < -0.4 is 0 Å². The van der Waals surface area contributed by atoms with Gasteiger partial charge in [-0.2, -0.15) is 0 Å². The molecule has 2 aromatic rings. The summed E-state index contributed by atoms with van der Waals surface area (Å²) in [5.74, 6) is -1.33. The minimum Gasteiger partial charge on any atom is -0.481 e. The number of aliphatic carboxylic acids is 1. The molecule has 19 heavy (non-hydrogen) atoms. The summed E-state index contributed by atoms with van der Waals surface area (Å²) in [6.07, 6.45) is 3.23. The van der Waals surface area contributed by atoms with Crippen LogP contribution in [-0.4, -0.2) is 16.1 Å². The van der Waals surface area contributed by atoms with Crippen molar-refractivity contribution in [1.82, 2.24) is 4.98 Å². The van der Waals surface area contributed by atoms with Gasteiger partial charge < -0.3 is 5.11 Å². The number of halogens is 1. The van der Waals surface area contributed by atoms with Gasteiger partial charge >= 0.3 is 5.97 Å². The summed E-state index contributed by atoms with van der Waals surface area (Å²) in [6.45, 7) is 1.82. The Hall–Kier alpha value is -2.23. The summed E-state index contributed by atoms with van der Waals surface area (Å²) in [7, 11) is 0. The van der Waals surface area contributed by atoms with Gasteiger partial charge in [-0.1, -0.05) is 25.1 Å². The fourth-order valence-electron chi connectivity index (χ4n) is 1.95. The molecule has 98 valence electrons. The number of pyridine rings is 1. The maximum atomic E-state index is 13.7. The lowest BCUT2D eigenvalue weighted by atomic mass is 9.96. The second kappa shape index (κ2) is 5.61. The molecule has 0 bridgehead atoms. The molecule has 0 aliphatic carbocycles. The molecule has 0 aliphatic rings. The van der Waals surface area contributed by atoms with Crippen molar-refractivity contribution in [1.29, 1.82) is 0 Å². The third-order valence-electron chi connectivity index (χ3n) is 2.99. The maximum Gasteiger partial charge on any atom is 0.303 e. The smallest absolute Gasteiger partial charge is 0.303 e. The van der Waals surface area contributed by atoms with E-state index in [0.717, 1.165) is 5.56 Å². The van der Waals surface area contributed by atoms with Crippen LogP contribution in [0.1, 0.15) is 24.8 Å². The lowest BCUT2D eigenvalue weighted by Gasteiger charge is -2.10. The van der Waals surface area contributed by atoms with Crippen LogP contribution >= 0.6 is 0 Å². The molecule has 0 saturated carbocycles. The van der Waals surface area contributed by atoms with E-state index in [1.54, 1.807) is 36.7 Å². The maximum absolute atomic E-state index is 13.7. The van der Waals surface area contributed by atoms with Crippen molar-refractivity contribution in [2.24, 2.45) is 0 Å².